The Morgan fingerprint density at radius 1 is 1.29 bits per heavy atom. The molecular weight excluding hydrogens is 302 g/mol. The third kappa shape index (κ3) is 3.60. The number of rotatable bonds is 5. The molecule has 3 unspecified atom stereocenters. The molecule has 3 heterocycles. The number of morpholine rings is 1. The molecule has 0 bridgehead atoms. The van der Waals surface area contributed by atoms with Crippen LogP contribution in [0, 0.1) is 5.92 Å². The second kappa shape index (κ2) is 7.32. The highest BCUT2D eigenvalue weighted by molar-refractivity contribution is 5.40. The van der Waals surface area contributed by atoms with Crippen molar-refractivity contribution in [3.63, 3.8) is 0 Å². The van der Waals surface area contributed by atoms with Gasteiger partial charge in [-0.1, -0.05) is 6.42 Å². The van der Waals surface area contributed by atoms with E-state index in [0.29, 0.717) is 18.0 Å². The Bertz CT molecular complexity index is 638. The van der Waals surface area contributed by atoms with Crippen LogP contribution in [0.2, 0.25) is 0 Å². The van der Waals surface area contributed by atoms with Crippen molar-refractivity contribution in [1.82, 2.24) is 20.1 Å². The molecule has 2 N–H and O–H groups in total. The molecule has 0 aromatic carbocycles. The molecule has 6 nitrogen and oxygen atoms in total. The van der Waals surface area contributed by atoms with E-state index in [1.165, 1.54) is 24.8 Å². The molecule has 1 saturated heterocycles. The Labute approximate surface area is 142 Å². The van der Waals surface area contributed by atoms with Crippen LogP contribution in [-0.4, -0.2) is 46.6 Å². The molecule has 2 aromatic rings. The van der Waals surface area contributed by atoms with Crippen molar-refractivity contribution in [1.29, 1.82) is 0 Å². The van der Waals surface area contributed by atoms with E-state index < -0.39 is 0 Å². The summed E-state index contributed by atoms with van der Waals surface area (Å²) in [5.41, 5.74) is 2.32. The number of nitrogens with one attached hydrogen (secondary N) is 2. The molecule has 3 atom stereocenters. The summed E-state index contributed by atoms with van der Waals surface area (Å²) in [4.78, 5) is 4.06. The maximum atomic E-state index is 5.65. The minimum absolute atomic E-state index is 0.477. The largest absolute Gasteiger partial charge is 0.379 e. The first-order chi connectivity index (χ1) is 11.9. The van der Waals surface area contributed by atoms with Crippen molar-refractivity contribution in [2.75, 3.05) is 25.1 Å². The monoisotopic (exact) mass is 327 g/mol. The number of ether oxygens (including phenoxy) is 1. The lowest BCUT2D eigenvalue weighted by atomic mass is 9.94. The van der Waals surface area contributed by atoms with Gasteiger partial charge in [-0.15, -0.1) is 0 Å². The Hall–Kier alpha value is -1.92. The van der Waals surface area contributed by atoms with Gasteiger partial charge in [-0.25, -0.2) is 0 Å². The number of hydrogen-bond acceptors (Lipinski definition) is 5. The third-order valence-corrected chi connectivity index (χ3v) is 5.12. The van der Waals surface area contributed by atoms with Gasteiger partial charge in [-0.2, -0.15) is 5.10 Å². The van der Waals surface area contributed by atoms with Crippen molar-refractivity contribution in [2.24, 2.45) is 5.92 Å². The molecule has 1 saturated carbocycles. The van der Waals surface area contributed by atoms with Crippen LogP contribution in [0.4, 0.5) is 5.69 Å². The van der Waals surface area contributed by atoms with Crippen LogP contribution in [0.25, 0.3) is 0 Å². The summed E-state index contributed by atoms with van der Waals surface area (Å²) >= 11 is 0. The Kier molecular flexibility index (Phi) is 4.76. The molecular formula is C18H25N5O. The summed E-state index contributed by atoms with van der Waals surface area (Å²) in [6, 6.07) is 5.03. The van der Waals surface area contributed by atoms with E-state index >= 15 is 0 Å². The quantitative estimate of drug-likeness (QED) is 0.878. The first kappa shape index (κ1) is 15.6. The van der Waals surface area contributed by atoms with E-state index in [0.717, 1.165) is 32.0 Å². The average Bonchev–Trinajstić information content (AvgIpc) is 3.27. The first-order valence-electron chi connectivity index (χ1n) is 8.87. The summed E-state index contributed by atoms with van der Waals surface area (Å²) in [6.07, 6.45) is 11.4. The zero-order valence-electron chi connectivity index (χ0n) is 13.9. The minimum atomic E-state index is 0.477. The summed E-state index contributed by atoms with van der Waals surface area (Å²) in [5.74, 6) is 0.633. The SMILES string of the molecule is c1cc(Cn2cc(NC3CCCC3C3COCCN3)cn2)ccn1. The first-order valence-corrected chi connectivity index (χ1v) is 8.87. The van der Waals surface area contributed by atoms with Crippen LogP contribution < -0.4 is 10.6 Å². The van der Waals surface area contributed by atoms with Gasteiger partial charge in [0, 0.05) is 37.2 Å². The fourth-order valence-corrected chi connectivity index (χ4v) is 3.92. The molecule has 0 spiro atoms. The third-order valence-electron chi connectivity index (χ3n) is 5.12. The molecule has 128 valence electrons. The highest BCUT2D eigenvalue weighted by atomic mass is 16.5. The molecule has 0 radical (unpaired) electrons. The van der Waals surface area contributed by atoms with Crippen LogP contribution >= 0.6 is 0 Å². The fraction of sp³-hybridized carbons (Fsp3) is 0.556. The second-order valence-corrected chi connectivity index (χ2v) is 6.76. The lowest BCUT2D eigenvalue weighted by Gasteiger charge is -2.33. The van der Waals surface area contributed by atoms with Gasteiger partial charge < -0.3 is 15.4 Å². The molecule has 1 aliphatic carbocycles. The average molecular weight is 327 g/mol. The van der Waals surface area contributed by atoms with Gasteiger partial charge in [0.2, 0.25) is 0 Å². The zero-order chi connectivity index (χ0) is 16.2. The number of pyridine rings is 1. The standard InChI is InChI=1S/C18H25N5O/c1-2-16(18-13-24-9-8-20-18)17(3-1)22-15-10-21-23(12-15)11-14-4-6-19-7-5-14/h4-7,10,12,16-18,20,22H,1-3,8-9,11,13H2. The maximum Gasteiger partial charge on any atom is 0.0728 e. The van der Waals surface area contributed by atoms with Crippen molar-refractivity contribution in [2.45, 2.75) is 37.9 Å². The van der Waals surface area contributed by atoms with E-state index in [2.05, 4.69) is 26.9 Å². The number of aromatic nitrogens is 3. The Balaban J connectivity index is 1.38. The van der Waals surface area contributed by atoms with Crippen molar-refractivity contribution in [3.05, 3.63) is 42.5 Å². The van der Waals surface area contributed by atoms with Gasteiger partial charge in [0.05, 0.1) is 31.6 Å². The lowest BCUT2D eigenvalue weighted by Crippen LogP contribution is -2.49. The van der Waals surface area contributed by atoms with Crippen LogP contribution in [0.1, 0.15) is 24.8 Å². The van der Waals surface area contributed by atoms with Crippen LogP contribution in [0.15, 0.2) is 36.9 Å². The highest BCUT2D eigenvalue weighted by Gasteiger charge is 2.34. The predicted octanol–water partition coefficient (Wildman–Crippen LogP) is 1.90. The number of anilines is 1. The predicted molar refractivity (Wildman–Crippen MR) is 92.9 cm³/mol. The topological polar surface area (TPSA) is 64.0 Å². The van der Waals surface area contributed by atoms with Gasteiger partial charge in [0.25, 0.3) is 0 Å². The smallest absolute Gasteiger partial charge is 0.0728 e. The molecule has 1 aliphatic heterocycles. The number of nitrogens with zero attached hydrogens (tertiary/aromatic N) is 3. The van der Waals surface area contributed by atoms with Gasteiger partial charge in [-0.3, -0.25) is 9.67 Å². The van der Waals surface area contributed by atoms with E-state index in [1.807, 2.05) is 35.4 Å². The zero-order valence-corrected chi connectivity index (χ0v) is 13.9. The van der Waals surface area contributed by atoms with E-state index in [4.69, 9.17) is 4.74 Å². The van der Waals surface area contributed by atoms with Crippen LogP contribution in [0.3, 0.4) is 0 Å². The summed E-state index contributed by atoms with van der Waals surface area (Å²) in [5, 5.41) is 11.8. The molecule has 6 heteroatoms. The summed E-state index contributed by atoms with van der Waals surface area (Å²) in [6.45, 7) is 3.42. The van der Waals surface area contributed by atoms with Crippen LogP contribution in [0.5, 0.6) is 0 Å². The van der Waals surface area contributed by atoms with E-state index in [9.17, 15) is 0 Å². The molecule has 2 fully saturated rings. The Morgan fingerprint density at radius 3 is 3.04 bits per heavy atom. The van der Waals surface area contributed by atoms with Gasteiger partial charge in [0.15, 0.2) is 0 Å². The molecule has 2 aliphatic rings. The normalized spacial score (nSPS) is 27.2. The van der Waals surface area contributed by atoms with Gasteiger partial charge >= 0.3 is 0 Å². The molecule has 0 amide bonds. The molecule has 2 aromatic heterocycles. The second-order valence-electron chi connectivity index (χ2n) is 6.76. The Morgan fingerprint density at radius 2 is 2.21 bits per heavy atom. The van der Waals surface area contributed by atoms with Crippen molar-refractivity contribution >= 4 is 5.69 Å². The maximum absolute atomic E-state index is 5.65. The lowest BCUT2D eigenvalue weighted by molar-refractivity contribution is 0.0559. The molecule has 4 rings (SSSR count). The van der Waals surface area contributed by atoms with E-state index in [-0.39, 0.29) is 0 Å². The van der Waals surface area contributed by atoms with Crippen molar-refractivity contribution < 1.29 is 4.74 Å². The number of hydrogen-bond donors (Lipinski definition) is 2. The summed E-state index contributed by atoms with van der Waals surface area (Å²) in [7, 11) is 0. The van der Waals surface area contributed by atoms with Gasteiger partial charge in [-0.05, 0) is 36.5 Å². The van der Waals surface area contributed by atoms with Gasteiger partial charge in [0.1, 0.15) is 0 Å². The molecule has 24 heavy (non-hydrogen) atoms. The highest BCUT2D eigenvalue weighted by Crippen LogP contribution is 2.31. The minimum Gasteiger partial charge on any atom is -0.379 e. The summed E-state index contributed by atoms with van der Waals surface area (Å²) < 4.78 is 7.63. The van der Waals surface area contributed by atoms with Crippen LogP contribution in [-0.2, 0) is 11.3 Å². The fourth-order valence-electron chi connectivity index (χ4n) is 3.92. The van der Waals surface area contributed by atoms with E-state index in [1.54, 1.807) is 0 Å². The van der Waals surface area contributed by atoms with Crippen molar-refractivity contribution in [3.8, 4) is 0 Å².